The molecule has 0 unspecified atom stereocenters. The maximum Gasteiger partial charge on any atom is 0.257 e. The number of pyridine rings is 1. The van der Waals surface area contributed by atoms with E-state index in [-0.39, 0.29) is 55.4 Å². The zero-order valence-electron chi connectivity index (χ0n) is 22.1. The van der Waals surface area contributed by atoms with Crippen LogP contribution in [0.1, 0.15) is 29.8 Å². The van der Waals surface area contributed by atoms with Gasteiger partial charge < -0.3 is 29.3 Å². The second kappa shape index (κ2) is 13.2. The number of hydrogen-bond donors (Lipinski definition) is 1. The van der Waals surface area contributed by atoms with Crippen molar-refractivity contribution >= 4 is 23.4 Å². The number of anilines is 1. The summed E-state index contributed by atoms with van der Waals surface area (Å²) in [5.41, 5.74) is 1.60. The smallest absolute Gasteiger partial charge is 0.257 e. The third-order valence-electron chi connectivity index (χ3n) is 6.40. The number of nitrogens with one attached hydrogen (secondary N) is 1. The highest BCUT2D eigenvalue weighted by Crippen LogP contribution is 2.26. The average molecular weight is 513 g/mol. The summed E-state index contributed by atoms with van der Waals surface area (Å²) in [4.78, 5) is 46.3. The second-order valence-electron chi connectivity index (χ2n) is 9.37. The third kappa shape index (κ3) is 7.50. The van der Waals surface area contributed by atoms with E-state index in [9.17, 15) is 14.4 Å². The molecule has 1 aliphatic heterocycles. The number of fused-ring (bicyclic) bond motifs is 1. The van der Waals surface area contributed by atoms with Gasteiger partial charge in [-0.25, -0.2) is 0 Å². The highest BCUT2D eigenvalue weighted by molar-refractivity contribution is 5.99. The molecule has 0 radical (unpaired) electrons. The van der Waals surface area contributed by atoms with E-state index >= 15 is 0 Å². The van der Waals surface area contributed by atoms with Crippen LogP contribution in [0.3, 0.4) is 0 Å². The van der Waals surface area contributed by atoms with Crippen LogP contribution >= 0.6 is 0 Å². The van der Waals surface area contributed by atoms with E-state index in [1.54, 1.807) is 49.7 Å². The molecular formula is C27H36N4O6. The van der Waals surface area contributed by atoms with Gasteiger partial charge in [-0.2, -0.15) is 0 Å². The summed E-state index contributed by atoms with van der Waals surface area (Å²) < 4.78 is 16.7. The molecule has 0 aliphatic carbocycles. The number of methoxy groups -OCH3 is 2. The zero-order chi connectivity index (χ0) is 26.9. The maximum atomic E-state index is 13.4. The molecular weight excluding hydrogens is 476 g/mol. The van der Waals surface area contributed by atoms with E-state index < -0.39 is 0 Å². The molecule has 0 spiro atoms. The van der Waals surface area contributed by atoms with E-state index in [1.165, 1.54) is 7.11 Å². The summed E-state index contributed by atoms with van der Waals surface area (Å²) in [6, 6.07) is 8.33. The number of amides is 3. The standard InChI is InChI=1S/C27H36N4O6/c1-18-14-31(26(33)11-20-7-6-10-28-13-20)19(2)16-37-23-9-8-21(29-25(32)17-35-4)12-22(23)27(34)30(3)15-24(18)36-5/h6-10,12-13,18-19,24H,11,14-17H2,1-5H3,(H,29,32)/t18-,19-,24+/m1/s1. The van der Waals surface area contributed by atoms with Gasteiger partial charge in [0.2, 0.25) is 11.8 Å². The first-order valence-corrected chi connectivity index (χ1v) is 12.3. The number of aromatic nitrogens is 1. The molecule has 3 amide bonds. The number of rotatable bonds is 6. The molecule has 2 aromatic rings. The molecule has 0 saturated heterocycles. The molecule has 1 N–H and O–H groups in total. The minimum atomic E-state index is -0.331. The maximum absolute atomic E-state index is 13.4. The minimum Gasteiger partial charge on any atom is -0.491 e. The Hall–Kier alpha value is -3.50. The molecule has 2 heterocycles. The van der Waals surface area contributed by atoms with Gasteiger partial charge in [-0.3, -0.25) is 19.4 Å². The number of carbonyl (C=O) groups is 3. The monoisotopic (exact) mass is 512 g/mol. The molecule has 1 aromatic heterocycles. The van der Waals surface area contributed by atoms with Crippen LogP contribution in [-0.2, 0) is 25.5 Å². The lowest BCUT2D eigenvalue weighted by Crippen LogP contribution is -2.49. The SMILES string of the molecule is COCC(=O)Nc1ccc2c(c1)C(=O)N(C)C[C@H](OC)[C@H](C)CN(C(=O)Cc1cccnc1)[C@H](C)CO2. The number of hydrogen-bond acceptors (Lipinski definition) is 7. The fourth-order valence-corrected chi connectivity index (χ4v) is 4.31. The third-order valence-corrected chi connectivity index (χ3v) is 6.40. The summed E-state index contributed by atoms with van der Waals surface area (Å²) in [6.45, 7) is 4.77. The van der Waals surface area contributed by atoms with Crippen molar-refractivity contribution in [2.45, 2.75) is 32.4 Å². The van der Waals surface area contributed by atoms with E-state index in [0.717, 1.165) is 5.56 Å². The van der Waals surface area contributed by atoms with Crippen molar-refractivity contribution in [2.75, 3.05) is 52.9 Å². The van der Waals surface area contributed by atoms with Crippen LogP contribution in [0.25, 0.3) is 0 Å². The molecule has 37 heavy (non-hydrogen) atoms. The van der Waals surface area contributed by atoms with Crippen molar-refractivity contribution < 1.29 is 28.6 Å². The molecule has 1 aromatic carbocycles. The zero-order valence-corrected chi connectivity index (χ0v) is 22.1. The van der Waals surface area contributed by atoms with Gasteiger partial charge in [0.25, 0.3) is 5.91 Å². The van der Waals surface area contributed by atoms with Crippen molar-refractivity contribution in [2.24, 2.45) is 5.92 Å². The van der Waals surface area contributed by atoms with Crippen LogP contribution < -0.4 is 10.1 Å². The first-order chi connectivity index (χ1) is 17.7. The van der Waals surface area contributed by atoms with Crippen LogP contribution in [-0.4, -0.2) is 92.2 Å². The average Bonchev–Trinajstić information content (AvgIpc) is 2.88. The van der Waals surface area contributed by atoms with Gasteiger partial charge in [0.05, 0.1) is 24.1 Å². The lowest BCUT2D eigenvalue weighted by molar-refractivity contribution is -0.134. The summed E-state index contributed by atoms with van der Waals surface area (Å²) in [7, 11) is 4.74. The lowest BCUT2D eigenvalue weighted by atomic mass is 10.0. The van der Waals surface area contributed by atoms with E-state index in [4.69, 9.17) is 14.2 Å². The van der Waals surface area contributed by atoms with Crippen molar-refractivity contribution in [1.29, 1.82) is 0 Å². The predicted molar refractivity (Wildman–Crippen MR) is 138 cm³/mol. The Balaban J connectivity index is 1.92. The molecule has 1 aliphatic rings. The Morgan fingerprint density at radius 3 is 2.65 bits per heavy atom. The minimum absolute atomic E-state index is 0.0382. The fraction of sp³-hybridized carbons (Fsp3) is 0.481. The molecule has 3 atom stereocenters. The number of likely N-dealkylation sites (N-methyl/N-ethyl adjacent to an activating group) is 1. The number of ether oxygens (including phenoxy) is 3. The normalized spacial score (nSPS) is 20.8. The van der Waals surface area contributed by atoms with Crippen molar-refractivity contribution in [3.63, 3.8) is 0 Å². The lowest BCUT2D eigenvalue weighted by Gasteiger charge is -2.36. The first kappa shape index (κ1) is 28.1. The van der Waals surface area contributed by atoms with E-state index in [1.807, 2.05) is 30.9 Å². The Morgan fingerprint density at radius 1 is 1.19 bits per heavy atom. The molecule has 3 rings (SSSR count). The Labute approximate surface area is 217 Å². The largest absolute Gasteiger partial charge is 0.491 e. The number of benzene rings is 1. The predicted octanol–water partition coefficient (Wildman–Crippen LogP) is 2.24. The molecule has 200 valence electrons. The van der Waals surface area contributed by atoms with Crippen LogP contribution in [0, 0.1) is 5.92 Å². The molecule has 0 bridgehead atoms. The second-order valence-corrected chi connectivity index (χ2v) is 9.37. The van der Waals surface area contributed by atoms with Gasteiger partial charge in [0.15, 0.2) is 0 Å². The van der Waals surface area contributed by atoms with Gasteiger partial charge in [0.1, 0.15) is 19.0 Å². The summed E-state index contributed by atoms with van der Waals surface area (Å²) in [5.74, 6) is -0.315. The first-order valence-electron chi connectivity index (χ1n) is 12.3. The quantitative estimate of drug-likeness (QED) is 0.632. The summed E-state index contributed by atoms with van der Waals surface area (Å²) in [5, 5.41) is 2.72. The van der Waals surface area contributed by atoms with Gasteiger partial charge in [0, 0.05) is 58.4 Å². The number of carbonyl (C=O) groups excluding carboxylic acids is 3. The summed E-state index contributed by atoms with van der Waals surface area (Å²) >= 11 is 0. The van der Waals surface area contributed by atoms with E-state index in [0.29, 0.717) is 30.1 Å². The van der Waals surface area contributed by atoms with Crippen LogP contribution in [0.15, 0.2) is 42.7 Å². The molecule has 0 saturated carbocycles. The molecule has 10 nitrogen and oxygen atoms in total. The summed E-state index contributed by atoms with van der Waals surface area (Å²) in [6.07, 6.45) is 3.29. The van der Waals surface area contributed by atoms with Crippen LogP contribution in [0.5, 0.6) is 5.75 Å². The highest BCUT2D eigenvalue weighted by atomic mass is 16.5. The fourth-order valence-electron chi connectivity index (χ4n) is 4.31. The Bertz CT molecular complexity index is 1080. The van der Waals surface area contributed by atoms with Crippen molar-refractivity contribution in [3.05, 3.63) is 53.9 Å². The van der Waals surface area contributed by atoms with E-state index in [2.05, 4.69) is 10.3 Å². The van der Waals surface area contributed by atoms with Crippen molar-refractivity contribution in [3.8, 4) is 5.75 Å². The Morgan fingerprint density at radius 2 is 1.97 bits per heavy atom. The topological polar surface area (TPSA) is 110 Å². The molecule has 0 fully saturated rings. The molecule has 10 heteroatoms. The van der Waals surface area contributed by atoms with Gasteiger partial charge in [-0.05, 0) is 36.8 Å². The van der Waals surface area contributed by atoms with Crippen molar-refractivity contribution in [1.82, 2.24) is 14.8 Å². The van der Waals surface area contributed by atoms with Gasteiger partial charge in [-0.15, -0.1) is 0 Å². The van der Waals surface area contributed by atoms with Gasteiger partial charge >= 0.3 is 0 Å². The highest BCUT2D eigenvalue weighted by Gasteiger charge is 2.30. The van der Waals surface area contributed by atoms with Crippen LogP contribution in [0.4, 0.5) is 5.69 Å². The Kier molecular flexibility index (Phi) is 9.99. The van der Waals surface area contributed by atoms with Crippen LogP contribution in [0.2, 0.25) is 0 Å². The van der Waals surface area contributed by atoms with Gasteiger partial charge in [-0.1, -0.05) is 13.0 Å². The number of nitrogens with zero attached hydrogens (tertiary/aromatic N) is 3.